The van der Waals surface area contributed by atoms with E-state index < -0.39 is 24.4 Å². The highest BCUT2D eigenvalue weighted by Gasteiger charge is 2.61. The lowest BCUT2D eigenvalue weighted by Gasteiger charge is -2.58. The van der Waals surface area contributed by atoms with E-state index in [1.165, 1.54) is 0 Å². The molecule has 0 unspecified atom stereocenters. The van der Waals surface area contributed by atoms with Crippen LogP contribution in [0.2, 0.25) is 0 Å². The molecule has 0 aromatic rings. The van der Waals surface area contributed by atoms with Gasteiger partial charge >= 0.3 is 0 Å². The Hall–Kier alpha value is -0.420. The van der Waals surface area contributed by atoms with Crippen molar-refractivity contribution in [3.8, 4) is 0 Å². The average Bonchev–Trinajstić information content (AvgIpc) is 2.75. The van der Waals surface area contributed by atoms with Crippen LogP contribution in [-0.2, 0) is 0 Å². The Balaban J connectivity index is 1.70. The number of aliphatic hydroxyl groups is 4. The molecular weight excluding hydrogens is 292 g/mol. The van der Waals surface area contributed by atoms with E-state index in [0.29, 0.717) is 30.6 Å². The molecule has 0 heterocycles. The molecule has 0 saturated heterocycles. The molecule has 0 bridgehead atoms. The summed E-state index contributed by atoms with van der Waals surface area (Å²) in [6.45, 7) is 4.41. The Labute approximate surface area is 138 Å². The largest absolute Gasteiger partial charge is 0.390 e. The molecule has 23 heavy (non-hydrogen) atoms. The summed E-state index contributed by atoms with van der Waals surface area (Å²) in [7, 11) is 0. The maximum absolute atomic E-state index is 10.5. The molecule has 4 aliphatic carbocycles. The number of hydrogen-bond donors (Lipinski definition) is 4. The number of allylic oxidation sites excluding steroid dienone is 1. The van der Waals surface area contributed by atoms with E-state index in [1.807, 2.05) is 0 Å². The standard InChI is InChI=1S/C19H30O4/c1-18-8-6-14(20)16(22)12(18)4-3-10-11(18)5-7-19(2)13(10)9-15(21)17(19)23/h4,10-11,13-17,20-23H,3,5-9H2,1-2H3/t10-,11+,13+,14+,15-,16-,17-,18-,19+/m1/s1. The summed E-state index contributed by atoms with van der Waals surface area (Å²) in [6.07, 6.45) is 4.78. The van der Waals surface area contributed by atoms with Gasteiger partial charge in [-0.05, 0) is 72.7 Å². The molecular formula is C19H30O4. The van der Waals surface area contributed by atoms with Crippen molar-refractivity contribution in [2.24, 2.45) is 28.6 Å². The Morgan fingerprint density at radius 2 is 1.70 bits per heavy atom. The molecule has 0 aromatic carbocycles. The van der Waals surface area contributed by atoms with Gasteiger partial charge in [0.2, 0.25) is 0 Å². The molecule has 0 aliphatic heterocycles. The van der Waals surface area contributed by atoms with Gasteiger partial charge in [0.05, 0.1) is 18.3 Å². The Bertz CT molecular complexity index is 531. The van der Waals surface area contributed by atoms with Gasteiger partial charge in [0.25, 0.3) is 0 Å². The second kappa shape index (κ2) is 5.04. The van der Waals surface area contributed by atoms with Crippen LogP contribution in [-0.4, -0.2) is 44.8 Å². The van der Waals surface area contributed by atoms with E-state index in [-0.39, 0.29) is 10.8 Å². The van der Waals surface area contributed by atoms with Crippen LogP contribution >= 0.6 is 0 Å². The third-order valence-electron chi connectivity index (χ3n) is 8.14. The van der Waals surface area contributed by atoms with Crippen molar-refractivity contribution in [1.29, 1.82) is 0 Å². The van der Waals surface area contributed by atoms with Gasteiger partial charge in [-0.25, -0.2) is 0 Å². The highest BCUT2D eigenvalue weighted by atomic mass is 16.3. The predicted molar refractivity (Wildman–Crippen MR) is 86.5 cm³/mol. The Morgan fingerprint density at radius 3 is 2.43 bits per heavy atom. The number of fused-ring (bicyclic) bond motifs is 5. The van der Waals surface area contributed by atoms with Gasteiger partial charge in [0, 0.05) is 0 Å². The minimum Gasteiger partial charge on any atom is -0.390 e. The van der Waals surface area contributed by atoms with Crippen molar-refractivity contribution in [2.75, 3.05) is 0 Å². The van der Waals surface area contributed by atoms with Crippen molar-refractivity contribution in [1.82, 2.24) is 0 Å². The summed E-state index contributed by atoms with van der Waals surface area (Å²) in [5.74, 6) is 1.31. The lowest BCUT2D eigenvalue weighted by Crippen LogP contribution is -2.54. The number of hydrogen-bond acceptors (Lipinski definition) is 4. The molecule has 0 radical (unpaired) electrons. The molecule has 130 valence electrons. The van der Waals surface area contributed by atoms with E-state index in [2.05, 4.69) is 19.9 Å². The zero-order valence-corrected chi connectivity index (χ0v) is 14.2. The highest BCUT2D eigenvalue weighted by Crippen LogP contribution is 2.64. The first-order valence-electron chi connectivity index (χ1n) is 9.22. The Morgan fingerprint density at radius 1 is 0.957 bits per heavy atom. The highest BCUT2D eigenvalue weighted by molar-refractivity contribution is 5.29. The molecule has 3 fully saturated rings. The van der Waals surface area contributed by atoms with E-state index in [1.54, 1.807) is 0 Å². The molecule has 0 amide bonds. The van der Waals surface area contributed by atoms with Crippen molar-refractivity contribution in [2.45, 2.75) is 76.8 Å². The second-order valence-corrected chi connectivity index (χ2v) is 9.03. The molecule has 3 saturated carbocycles. The molecule has 4 heteroatoms. The smallest absolute Gasteiger partial charge is 0.101 e. The predicted octanol–water partition coefficient (Wildman–Crippen LogP) is 1.61. The fraction of sp³-hybridized carbons (Fsp3) is 0.895. The molecule has 0 aromatic heterocycles. The van der Waals surface area contributed by atoms with Crippen molar-refractivity contribution in [3.05, 3.63) is 11.6 Å². The van der Waals surface area contributed by atoms with Crippen molar-refractivity contribution >= 4 is 0 Å². The van der Waals surface area contributed by atoms with Gasteiger partial charge in [0.1, 0.15) is 6.10 Å². The van der Waals surface area contributed by atoms with E-state index in [0.717, 1.165) is 31.3 Å². The van der Waals surface area contributed by atoms with Crippen LogP contribution in [0, 0.1) is 28.6 Å². The minimum atomic E-state index is -0.720. The summed E-state index contributed by atoms with van der Waals surface area (Å²) in [5, 5.41) is 41.2. The van der Waals surface area contributed by atoms with E-state index in [4.69, 9.17) is 0 Å². The summed E-state index contributed by atoms with van der Waals surface area (Å²) < 4.78 is 0. The quantitative estimate of drug-likeness (QED) is 0.511. The maximum atomic E-state index is 10.5. The van der Waals surface area contributed by atoms with Crippen LogP contribution in [0.1, 0.15) is 52.4 Å². The van der Waals surface area contributed by atoms with Gasteiger partial charge in [0.15, 0.2) is 0 Å². The van der Waals surface area contributed by atoms with Crippen LogP contribution in [0.3, 0.4) is 0 Å². The third-order valence-corrected chi connectivity index (χ3v) is 8.14. The van der Waals surface area contributed by atoms with Gasteiger partial charge in [-0.15, -0.1) is 0 Å². The second-order valence-electron chi connectivity index (χ2n) is 9.03. The first-order chi connectivity index (χ1) is 10.8. The molecule has 4 N–H and O–H groups in total. The molecule has 0 spiro atoms. The molecule has 4 aliphatic rings. The van der Waals surface area contributed by atoms with Gasteiger partial charge in [-0.3, -0.25) is 0 Å². The van der Waals surface area contributed by atoms with Gasteiger partial charge < -0.3 is 20.4 Å². The fourth-order valence-electron chi connectivity index (χ4n) is 6.71. The maximum Gasteiger partial charge on any atom is 0.101 e. The van der Waals surface area contributed by atoms with Crippen LogP contribution in [0.5, 0.6) is 0 Å². The number of aliphatic hydroxyl groups excluding tert-OH is 4. The van der Waals surface area contributed by atoms with Crippen molar-refractivity contribution < 1.29 is 20.4 Å². The van der Waals surface area contributed by atoms with Gasteiger partial charge in [-0.2, -0.15) is 0 Å². The molecule has 4 rings (SSSR count). The van der Waals surface area contributed by atoms with Crippen LogP contribution in [0.25, 0.3) is 0 Å². The summed E-state index contributed by atoms with van der Waals surface area (Å²) in [5.41, 5.74) is 0.830. The normalized spacial score (nSPS) is 58.9. The van der Waals surface area contributed by atoms with Crippen molar-refractivity contribution in [3.63, 3.8) is 0 Å². The van der Waals surface area contributed by atoms with Crippen LogP contribution < -0.4 is 0 Å². The lowest BCUT2D eigenvalue weighted by molar-refractivity contribution is -0.0941. The van der Waals surface area contributed by atoms with Gasteiger partial charge in [-0.1, -0.05) is 19.9 Å². The van der Waals surface area contributed by atoms with E-state index >= 15 is 0 Å². The van der Waals surface area contributed by atoms with Crippen LogP contribution in [0.15, 0.2) is 11.6 Å². The van der Waals surface area contributed by atoms with E-state index in [9.17, 15) is 20.4 Å². The van der Waals surface area contributed by atoms with Crippen LogP contribution in [0.4, 0.5) is 0 Å². The first-order valence-corrected chi connectivity index (χ1v) is 9.22. The third kappa shape index (κ3) is 1.98. The Kier molecular flexibility index (Phi) is 3.52. The summed E-state index contributed by atoms with van der Waals surface area (Å²) >= 11 is 0. The molecule has 4 nitrogen and oxygen atoms in total. The summed E-state index contributed by atoms with van der Waals surface area (Å²) in [6, 6.07) is 0. The monoisotopic (exact) mass is 322 g/mol. The SMILES string of the molecule is C[C@]12CC[C@H]3[C@@H](CC=C4[C@@H](O)[C@@H](O)CC[C@@]43C)[C@@H]1C[C@@H](O)[C@H]2O. The topological polar surface area (TPSA) is 80.9 Å². The minimum absolute atomic E-state index is 0.0403. The zero-order valence-electron chi connectivity index (χ0n) is 14.2. The first kappa shape index (κ1) is 16.1. The lowest BCUT2D eigenvalue weighted by atomic mass is 9.47. The molecule has 9 atom stereocenters. The summed E-state index contributed by atoms with van der Waals surface area (Å²) in [4.78, 5) is 0. The zero-order chi connectivity index (χ0) is 16.6. The average molecular weight is 322 g/mol. The fourth-order valence-corrected chi connectivity index (χ4v) is 6.71. The number of rotatable bonds is 0.